The summed E-state index contributed by atoms with van der Waals surface area (Å²) in [5.74, 6) is -0.475. The molecule has 0 saturated carbocycles. The maximum Gasteiger partial charge on any atom is 0.248 e. The van der Waals surface area contributed by atoms with Gasteiger partial charge in [0.2, 0.25) is 5.91 Å². The van der Waals surface area contributed by atoms with Crippen molar-refractivity contribution in [3.8, 4) is 5.75 Å². The van der Waals surface area contributed by atoms with E-state index >= 15 is 0 Å². The van der Waals surface area contributed by atoms with Crippen LogP contribution < -0.4 is 10.5 Å². The third-order valence-electron chi connectivity index (χ3n) is 3.84. The zero-order valence-electron chi connectivity index (χ0n) is 13.8. The lowest BCUT2D eigenvalue weighted by molar-refractivity contribution is 0.0998. The van der Waals surface area contributed by atoms with E-state index in [1.165, 1.54) is 24.3 Å². The van der Waals surface area contributed by atoms with Gasteiger partial charge in [0.05, 0.1) is 0 Å². The molecule has 0 radical (unpaired) electrons. The average Bonchev–Trinajstić information content (AvgIpc) is 2.67. The summed E-state index contributed by atoms with van der Waals surface area (Å²) in [6, 6.07) is 19.0. The number of rotatable bonds is 6. The summed E-state index contributed by atoms with van der Waals surface area (Å²) in [6.45, 7) is 0.270. The van der Waals surface area contributed by atoms with Crippen LogP contribution in [-0.2, 0) is 6.61 Å². The zero-order chi connectivity index (χ0) is 18.5. The van der Waals surface area contributed by atoms with Gasteiger partial charge in [-0.1, -0.05) is 12.1 Å². The molecule has 130 valence electrons. The highest BCUT2D eigenvalue weighted by Crippen LogP contribution is 2.17. The predicted octanol–water partition coefficient (Wildman–Crippen LogP) is 3.73. The first-order chi connectivity index (χ1) is 12.5. The van der Waals surface area contributed by atoms with E-state index in [1.807, 2.05) is 6.07 Å². The van der Waals surface area contributed by atoms with Gasteiger partial charge in [0.25, 0.3) is 0 Å². The van der Waals surface area contributed by atoms with E-state index in [2.05, 4.69) is 0 Å². The molecule has 0 heterocycles. The van der Waals surface area contributed by atoms with Crippen LogP contribution in [0, 0.1) is 5.82 Å². The zero-order valence-corrected chi connectivity index (χ0v) is 13.8. The molecular formula is C21H16FNO3. The Bertz CT molecular complexity index is 934. The molecule has 0 bridgehead atoms. The minimum absolute atomic E-state index is 0.189. The number of primary amides is 1. The fourth-order valence-corrected chi connectivity index (χ4v) is 2.45. The molecule has 0 atom stereocenters. The van der Waals surface area contributed by atoms with E-state index in [9.17, 15) is 14.0 Å². The van der Waals surface area contributed by atoms with Crippen molar-refractivity contribution in [3.63, 3.8) is 0 Å². The highest BCUT2D eigenvalue weighted by atomic mass is 19.1. The van der Waals surface area contributed by atoms with Crippen molar-refractivity contribution in [1.82, 2.24) is 0 Å². The molecule has 0 saturated heterocycles. The first-order valence-corrected chi connectivity index (χ1v) is 7.95. The molecule has 3 aromatic carbocycles. The number of nitrogens with two attached hydrogens (primary N) is 1. The van der Waals surface area contributed by atoms with Gasteiger partial charge in [0, 0.05) is 16.7 Å². The standard InChI is InChI=1S/C21H16FNO3/c22-18-8-4-15(5-9-18)20(24)16-6-10-19(11-7-16)26-13-14-2-1-3-17(12-14)21(23)25/h1-12H,13H2,(H2,23,25). The highest BCUT2D eigenvalue weighted by Gasteiger charge is 2.09. The van der Waals surface area contributed by atoms with Gasteiger partial charge in [-0.05, 0) is 66.2 Å². The summed E-state index contributed by atoms with van der Waals surface area (Å²) in [4.78, 5) is 23.5. The monoisotopic (exact) mass is 349 g/mol. The number of benzene rings is 3. The van der Waals surface area contributed by atoms with Gasteiger partial charge in [0.1, 0.15) is 18.2 Å². The van der Waals surface area contributed by atoms with Gasteiger partial charge in [-0.15, -0.1) is 0 Å². The van der Waals surface area contributed by atoms with Gasteiger partial charge in [-0.2, -0.15) is 0 Å². The molecule has 0 aromatic heterocycles. The summed E-state index contributed by atoms with van der Waals surface area (Å²) in [5, 5.41) is 0. The van der Waals surface area contributed by atoms with Crippen molar-refractivity contribution < 1.29 is 18.7 Å². The van der Waals surface area contributed by atoms with Gasteiger partial charge in [-0.3, -0.25) is 9.59 Å². The Labute approximate surface area is 150 Å². The van der Waals surface area contributed by atoms with E-state index in [1.54, 1.807) is 42.5 Å². The number of carbonyl (C=O) groups is 2. The fraction of sp³-hybridized carbons (Fsp3) is 0.0476. The maximum absolute atomic E-state index is 12.9. The molecule has 26 heavy (non-hydrogen) atoms. The van der Waals surface area contributed by atoms with Crippen LogP contribution in [-0.4, -0.2) is 11.7 Å². The number of hydrogen-bond donors (Lipinski definition) is 1. The first-order valence-electron chi connectivity index (χ1n) is 7.95. The predicted molar refractivity (Wildman–Crippen MR) is 95.6 cm³/mol. The van der Waals surface area contributed by atoms with E-state index < -0.39 is 5.91 Å². The third-order valence-corrected chi connectivity index (χ3v) is 3.84. The Hall–Kier alpha value is -3.47. The third kappa shape index (κ3) is 4.13. The smallest absolute Gasteiger partial charge is 0.248 e. The SMILES string of the molecule is NC(=O)c1cccc(COc2ccc(C(=O)c3ccc(F)cc3)cc2)c1. The van der Waals surface area contributed by atoms with Crippen molar-refractivity contribution >= 4 is 11.7 Å². The van der Waals surface area contributed by atoms with Crippen LogP contribution in [0.2, 0.25) is 0 Å². The van der Waals surface area contributed by atoms with Gasteiger partial charge < -0.3 is 10.5 Å². The lowest BCUT2D eigenvalue weighted by atomic mass is 10.0. The molecule has 4 nitrogen and oxygen atoms in total. The van der Waals surface area contributed by atoms with E-state index in [-0.39, 0.29) is 18.2 Å². The fourth-order valence-electron chi connectivity index (χ4n) is 2.45. The second kappa shape index (κ2) is 7.61. The Morgan fingerprint density at radius 2 is 1.46 bits per heavy atom. The van der Waals surface area contributed by atoms with Crippen LogP contribution in [0.1, 0.15) is 31.8 Å². The van der Waals surface area contributed by atoms with Crippen LogP contribution in [0.5, 0.6) is 5.75 Å². The molecule has 3 aromatic rings. The van der Waals surface area contributed by atoms with E-state index in [0.717, 1.165) is 5.56 Å². The molecular weight excluding hydrogens is 333 g/mol. The molecule has 0 aliphatic heterocycles. The minimum atomic E-state index is -0.490. The second-order valence-corrected chi connectivity index (χ2v) is 5.71. The van der Waals surface area contributed by atoms with Crippen LogP contribution in [0.3, 0.4) is 0 Å². The largest absolute Gasteiger partial charge is 0.489 e. The highest BCUT2D eigenvalue weighted by molar-refractivity contribution is 6.09. The number of hydrogen-bond acceptors (Lipinski definition) is 3. The molecule has 0 spiro atoms. The van der Waals surface area contributed by atoms with Gasteiger partial charge >= 0.3 is 0 Å². The van der Waals surface area contributed by atoms with Gasteiger partial charge in [0.15, 0.2) is 5.78 Å². The topological polar surface area (TPSA) is 69.4 Å². The lowest BCUT2D eigenvalue weighted by Crippen LogP contribution is -2.11. The van der Waals surface area contributed by atoms with E-state index in [0.29, 0.717) is 22.4 Å². The summed E-state index contributed by atoms with van der Waals surface area (Å²) in [6.07, 6.45) is 0. The quantitative estimate of drug-likeness (QED) is 0.689. The summed E-state index contributed by atoms with van der Waals surface area (Å²) in [5.41, 5.74) is 7.40. The van der Waals surface area contributed by atoms with Crippen LogP contribution in [0.25, 0.3) is 0 Å². The number of ether oxygens (including phenoxy) is 1. The summed E-state index contributed by atoms with van der Waals surface area (Å²) < 4.78 is 18.6. The second-order valence-electron chi connectivity index (χ2n) is 5.71. The van der Waals surface area contributed by atoms with Gasteiger partial charge in [-0.25, -0.2) is 4.39 Å². The first kappa shape index (κ1) is 17.4. The Balaban J connectivity index is 1.66. The molecule has 3 rings (SSSR count). The van der Waals surface area contributed by atoms with Crippen molar-refractivity contribution in [2.24, 2.45) is 5.73 Å². The number of halogens is 1. The molecule has 2 N–H and O–H groups in total. The molecule has 5 heteroatoms. The number of carbonyl (C=O) groups excluding carboxylic acids is 2. The number of amides is 1. The average molecular weight is 349 g/mol. The lowest BCUT2D eigenvalue weighted by Gasteiger charge is -2.08. The van der Waals surface area contributed by atoms with Crippen LogP contribution in [0.4, 0.5) is 4.39 Å². The van der Waals surface area contributed by atoms with Crippen LogP contribution >= 0.6 is 0 Å². The Morgan fingerprint density at radius 1 is 0.846 bits per heavy atom. The Morgan fingerprint density at radius 3 is 2.08 bits per heavy atom. The van der Waals surface area contributed by atoms with E-state index in [4.69, 9.17) is 10.5 Å². The Kier molecular flexibility index (Phi) is 5.08. The molecule has 0 unspecified atom stereocenters. The molecule has 0 aliphatic rings. The van der Waals surface area contributed by atoms with Crippen molar-refractivity contribution in [3.05, 3.63) is 101 Å². The molecule has 0 fully saturated rings. The minimum Gasteiger partial charge on any atom is -0.489 e. The van der Waals surface area contributed by atoms with Crippen molar-refractivity contribution in [2.75, 3.05) is 0 Å². The number of ketones is 1. The summed E-state index contributed by atoms with van der Waals surface area (Å²) in [7, 11) is 0. The summed E-state index contributed by atoms with van der Waals surface area (Å²) >= 11 is 0. The maximum atomic E-state index is 12.9. The van der Waals surface area contributed by atoms with Crippen molar-refractivity contribution in [2.45, 2.75) is 6.61 Å². The van der Waals surface area contributed by atoms with Crippen molar-refractivity contribution in [1.29, 1.82) is 0 Å². The normalized spacial score (nSPS) is 10.3. The van der Waals surface area contributed by atoms with Crippen LogP contribution in [0.15, 0.2) is 72.8 Å². The molecule has 1 amide bonds. The molecule has 0 aliphatic carbocycles.